The number of anilines is 1. The molecule has 0 spiro atoms. The topological polar surface area (TPSA) is 41.6 Å². The third kappa shape index (κ3) is 3.65. The predicted molar refractivity (Wildman–Crippen MR) is 104 cm³/mol. The van der Waals surface area contributed by atoms with Crippen molar-refractivity contribution in [3.8, 4) is 0 Å². The van der Waals surface area contributed by atoms with Gasteiger partial charge in [-0.3, -0.25) is 4.79 Å². The summed E-state index contributed by atoms with van der Waals surface area (Å²) in [6.07, 6.45) is 4.93. The van der Waals surface area contributed by atoms with Crippen LogP contribution < -0.4 is 10.2 Å². The van der Waals surface area contributed by atoms with Gasteiger partial charge in [0.2, 0.25) is 5.91 Å². The third-order valence-corrected chi connectivity index (χ3v) is 5.19. The molecule has 26 heavy (non-hydrogen) atoms. The quantitative estimate of drug-likeness (QED) is 0.840. The molecule has 2 fully saturated rings. The highest BCUT2D eigenvalue weighted by Crippen LogP contribution is 2.33. The summed E-state index contributed by atoms with van der Waals surface area (Å²) >= 11 is 0. The van der Waals surface area contributed by atoms with Gasteiger partial charge in [-0.25, -0.2) is 0 Å². The molecule has 0 aromatic heterocycles. The Labute approximate surface area is 154 Å². The van der Waals surface area contributed by atoms with E-state index in [1.54, 1.807) is 6.08 Å². The summed E-state index contributed by atoms with van der Waals surface area (Å²) in [4.78, 5) is 14.7. The normalized spacial score (nSPS) is 22.7. The van der Waals surface area contributed by atoms with E-state index in [0.29, 0.717) is 12.1 Å². The molecule has 1 amide bonds. The number of hydrogen-bond acceptors (Lipinski definition) is 3. The lowest BCUT2D eigenvalue weighted by molar-refractivity contribution is -0.117. The predicted octanol–water partition coefficient (Wildman–Crippen LogP) is 3.55. The maximum Gasteiger partial charge on any atom is 0.244 e. The van der Waals surface area contributed by atoms with Crippen molar-refractivity contribution < 1.29 is 9.53 Å². The second-order valence-electron chi connectivity index (χ2n) is 7.07. The summed E-state index contributed by atoms with van der Waals surface area (Å²) in [6.45, 7) is 3.81. The summed E-state index contributed by atoms with van der Waals surface area (Å²) in [7, 11) is 0. The van der Waals surface area contributed by atoms with Crippen LogP contribution in [0.2, 0.25) is 0 Å². The maximum atomic E-state index is 12.2. The molecule has 2 aromatic carbocycles. The molecule has 2 unspecified atom stereocenters. The van der Waals surface area contributed by atoms with Crippen LogP contribution in [0.5, 0.6) is 0 Å². The second-order valence-corrected chi connectivity index (χ2v) is 7.07. The first-order valence-corrected chi connectivity index (χ1v) is 9.21. The zero-order valence-corrected chi connectivity index (χ0v) is 15.0. The Morgan fingerprint density at radius 3 is 2.81 bits per heavy atom. The Hall–Kier alpha value is -2.59. The number of fused-ring (bicyclic) bond motifs is 2. The summed E-state index contributed by atoms with van der Waals surface area (Å²) in [5.74, 6) is -0.0830. The first-order valence-electron chi connectivity index (χ1n) is 9.21. The maximum absolute atomic E-state index is 12.2. The molecule has 2 bridgehead atoms. The van der Waals surface area contributed by atoms with Crippen LogP contribution in [0.3, 0.4) is 0 Å². The van der Waals surface area contributed by atoms with Crippen LogP contribution in [0, 0.1) is 0 Å². The molecule has 2 aliphatic rings. The van der Waals surface area contributed by atoms with Crippen molar-refractivity contribution in [2.24, 2.45) is 0 Å². The fourth-order valence-corrected chi connectivity index (χ4v) is 3.77. The van der Waals surface area contributed by atoms with E-state index in [9.17, 15) is 4.79 Å². The summed E-state index contributed by atoms with van der Waals surface area (Å²) < 4.78 is 5.69. The highest BCUT2D eigenvalue weighted by Gasteiger charge is 2.39. The summed E-state index contributed by atoms with van der Waals surface area (Å²) in [6, 6.07) is 18.8. The molecule has 0 radical (unpaired) electrons. The van der Waals surface area contributed by atoms with Gasteiger partial charge in [0.1, 0.15) is 0 Å². The van der Waals surface area contributed by atoms with Crippen LogP contribution in [0.25, 0.3) is 6.08 Å². The summed E-state index contributed by atoms with van der Waals surface area (Å²) in [5, 5.41) is 3.05. The molecule has 134 valence electrons. The number of rotatable bonds is 5. The number of carbonyl (C=O) groups excluding carboxylic acids is 1. The molecular formula is C22H24N2O2. The van der Waals surface area contributed by atoms with Gasteiger partial charge in [0, 0.05) is 18.3 Å². The van der Waals surface area contributed by atoms with Crippen molar-refractivity contribution in [1.82, 2.24) is 5.32 Å². The fraction of sp³-hybridized carbons (Fsp3) is 0.318. The molecule has 3 atom stereocenters. The van der Waals surface area contributed by atoms with E-state index in [1.807, 2.05) is 43.3 Å². The van der Waals surface area contributed by atoms with E-state index in [2.05, 4.69) is 34.5 Å². The van der Waals surface area contributed by atoms with Gasteiger partial charge >= 0.3 is 0 Å². The van der Waals surface area contributed by atoms with Crippen molar-refractivity contribution in [1.29, 1.82) is 0 Å². The molecule has 2 aromatic rings. The lowest BCUT2D eigenvalue weighted by Crippen LogP contribution is -2.37. The van der Waals surface area contributed by atoms with Gasteiger partial charge in [-0.1, -0.05) is 42.5 Å². The molecule has 2 saturated heterocycles. The van der Waals surface area contributed by atoms with E-state index < -0.39 is 0 Å². The number of nitrogens with zero attached hydrogens (tertiary/aromatic N) is 1. The van der Waals surface area contributed by atoms with Gasteiger partial charge in [0.25, 0.3) is 0 Å². The standard InChI is InChI=1S/C22H24N2O2/c1-16(23-22(25)11-10-17-6-3-2-4-7-17)18-8-5-9-19(12-18)24-14-21-13-20(24)15-26-21/h2-12,16,20-21H,13-15H2,1H3,(H,23,25)/t16-,20?,21?/m0/s1. The Kier molecular flexibility index (Phi) is 4.76. The van der Waals surface area contributed by atoms with Gasteiger partial charge in [0.15, 0.2) is 0 Å². The third-order valence-electron chi connectivity index (χ3n) is 5.19. The lowest BCUT2D eigenvalue weighted by atomic mass is 10.1. The Morgan fingerprint density at radius 1 is 1.23 bits per heavy atom. The highest BCUT2D eigenvalue weighted by molar-refractivity contribution is 5.92. The van der Waals surface area contributed by atoms with Crippen molar-refractivity contribution in [3.05, 3.63) is 71.8 Å². The van der Waals surface area contributed by atoms with Gasteiger partial charge in [-0.05, 0) is 42.7 Å². The van der Waals surface area contributed by atoms with Gasteiger partial charge in [0.05, 0.1) is 24.8 Å². The largest absolute Gasteiger partial charge is 0.374 e. The second kappa shape index (κ2) is 7.34. The van der Waals surface area contributed by atoms with Crippen LogP contribution in [-0.2, 0) is 9.53 Å². The van der Waals surface area contributed by atoms with Gasteiger partial charge in [-0.2, -0.15) is 0 Å². The molecule has 0 saturated carbocycles. The SMILES string of the molecule is C[C@H](NC(=O)C=Cc1ccccc1)c1cccc(N2CC3CC2CO3)c1. The number of amides is 1. The number of benzene rings is 2. The van der Waals surface area contributed by atoms with Crippen LogP contribution in [0.15, 0.2) is 60.7 Å². The van der Waals surface area contributed by atoms with Crippen LogP contribution in [-0.4, -0.2) is 31.2 Å². The minimum Gasteiger partial charge on any atom is -0.374 e. The first-order chi connectivity index (χ1) is 12.7. The number of nitrogens with one attached hydrogen (secondary N) is 1. The van der Waals surface area contributed by atoms with E-state index in [1.165, 1.54) is 5.69 Å². The van der Waals surface area contributed by atoms with Crippen LogP contribution in [0.1, 0.15) is 30.5 Å². The summed E-state index contributed by atoms with van der Waals surface area (Å²) in [5.41, 5.74) is 3.36. The molecule has 4 heteroatoms. The number of carbonyl (C=O) groups is 1. The van der Waals surface area contributed by atoms with E-state index in [-0.39, 0.29) is 11.9 Å². The van der Waals surface area contributed by atoms with Crippen molar-refractivity contribution in [2.45, 2.75) is 31.5 Å². The molecule has 0 aliphatic carbocycles. The highest BCUT2D eigenvalue weighted by atomic mass is 16.5. The van der Waals surface area contributed by atoms with Gasteiger partial charge < -0.3 is 15.0 Å². The molecule has 2 heterocycles. The minimum absolute atomic E-state index is 0.0427. The van der Waals surface area contributed by atoms with Crippen molar-refractivity contribution in [3.63, 3.8) is 0 Å². The fourth-order valence-electron chi connectivity index (χ4n) is 3.77. The molecular weight excluding hydrogens is 324 g/mol. The Balaban J connectivity index is 1.40. The van der Waals surface area contributed by atoms with Crippen LogP contribution >= 0.6 is 0 Å². The molecule has 4 rings (SSSR count). The van der Waals surface area contributed by atoms with Crippen LogP contribution in [0.4, 0.5) is 5.69 Å². The Bertz CT molecular complexity index is 803. The molecule has 1 N–H and O–H groups in total. The zero-order chi connectivity index (χ0) is 17.9. The van der Waals surface area contributed by atoms with Gasteiger partial charge in [-0.15, -0.1) is 0 Å². The lowest BCUT2D eigenvalue weighted by Gasteiger charge is -2.29. The van der Waals surface area contributed by atoms with E-state index >= 15 is 0 Å². The van der Waals surface area contributed by atoms with Crippen molar-refractivity contribution >= 4 is 17.7 Å². The monoisotopic (exact) mass is 348 g/mol. The van der Waals surface area contributed by atoms with E-state index in [0.717, 1.165) is 30.7 Å². The molecule has 4 nitrogen and oxygen atoms in total. The smallest absolute Gasteiger partial charge is 0.244 e. The number of ether oxygens (including phenoxy) is 1. The molecule has 2 aliphatic heterocycles. The minimum atomic E-state index is -0.0830. The zero-order valence-electron chi connectivity index (χ0n) is 15.0. The van der Waals surface area contributed by atoms with E-state index in [4.69, 9.17) is 4.74 Å². The first kappa shape index (κ1) is 16.9. The number of hydrogen-bond donors (Lipinski definition) is 1. The number of morpholine rings is 1. The average molecular weight is 348 g/mol. The Morgan fingerprint density at radius 2 is 2.08 bits per heavy atom. The van der Waals surface area contributed by atoms with Crippen molar-refractivity contribution in [2.75, 3.05) is 18.1 Å². The average Bonchev–Trinajstić information content (AvgIpc) is 3.31.